The summed E-state index contributed by atoms with van der Waals surface area (Å²) in [6.45, 7) is 1.95. The Hall–Kier alpha value is -3.03. The maximum absolute atomic E-state index is 13.0. The first-order valence-electron chi connectivity index (χ1n) is 11.4. The lowest BCUT2D eigenvalue weighted by atomic mass is 10.0. The zero-order chi connectivity index (χ0) is 25.3. The van der Waals surface area contributed by atoms with Gasteiger partial charge < -0.3 is 42.2 Å². The van der Waals surface area contributed by atoms with E-state index in [1.54, 1.807) is 6.20 Å². The number of carbonyl (C=O) groups is 4. The number of nitrogens with two attached hydrogens (primary N) is 2. The number of unbranched alkanes of at least 4 members (excludes halogenated alkanes) is 1. The lowest BCUT2D eigenvalue weighted by Crippen LogP contribution is -2.60. The molecule has 5 unspecified atom stereocenters. The summed E-state index contributed by atoms with van der Waals surface area (Å²) in [4.78, 5) is 58.0. The van der Waals surface area contributed by atoms with Crippen molar-refractivity contribution in [3.63, 3.8) is 0 Å². The predicted octanol–water partition coefficient (Wildman–Crippen LogP) is -2.17. The minimum absolute atomic E-state index is 0.184. The fraction of sp³-hybridized carbons (Fsp3) is 0.667. The van der Waals surface area contributed by atoms with Gasteiger partial charge in [0, 0.05) is 24.9 Å². The Balaban J connectivity index is 2.09. The van der Waals surface area contributed by atoms with Crippen LogP contribution in [-0.4, -0.2) is 92.1 Å². The Labute approximate surface area is 197 Å². The van der Waals surface area contributed by atoms with Crippen LogP contribution < -0.4 is 22.1 Å². The molecule has 1 aromatic heterocycles. The number of aliphatic carboxylic acids is 1. The van der Waals surface area contributed by atoms with Gasteiger partial charge in [0.25, 0.3) is 0 Å². The van der Waals surface area contributed by atoms with Gasteiger partial charge in [0.1, 0.15) is 18.1 Å². The van der Waals surface area contributed by atoms with Crippen molar-refractivity contribution in [3.05, 3.63) is 18.2 Å². The number of nitrogens with one attached hydrogen (secondary N) is 3. The Morgan fingerprint density at radius 2 is 2.00 bits per heavy atom. The van der Waals surface area contributed by atoms with E-state index < -0.39 is 54.0 Å². The molecule has 1 aromatic rings. The molecule has 5 atom stereocenters. The van der Waals surface area contributed by atoms with Gasteiger partial charge in [-0.15, -0.1) is 0 Å². The fourth-order valence-electron chi connectivity index (χ4n) is 3.87. The number of imidazole rings is 1. The Bertz CT molecular complexity index is 832. The summed E-state index contributed by atoms with van der Waals surface area (Å²) in [5, 5.41) is 24.7. The van der Waals surface area contributed by atoms with E-state index in [1.807, 2.05) is 0 Å². The van der Waals surface area contributed by atoms with E-state index in [0.29, 0.717) is 37.9 Å². The van der Waals surface area contributed by atoms with Crippen LogP contribution in [0.25, 0.3) is 0 Å². The van der Waals surface area contributed by atoms with Crippen LogP contribution in [0.2, 0.25) is 0 Å². The van der Waals surface area contributed by atoms with Gasteiger partial charge in [0.05, 0.1) is 18.5 Å². The number of carbonyl (C=O) groups excluding carboxylic acids is 3. The van der Waals surface area contributed by atoms with Crippen LogP contribution in [0.1, 0.15) is 44.7 Å². The van der Waals surface area contributed by atoms with Crippen LogP contribution in [-0.2, 0) is 25.6 Å². The van der Waals surface area contributed by atoms with Gasteiger partial charge >= 0.3 is 5.97 Å². The third kappa shape index (κ3) is 7.50. The third-order valence-electron chi connectivity index (χ3n) is 5.78. The van der Waals surface area contributed by atoms with Crippen molar-refractivity contribution in [2.75, 3.05) is 13.1 Å². The molecule has 2 heterocycles. The second-order valence-electron chi connectivity index (χ2n) is 8.49. The van der Waals surface area contributed by atoms with Crippen LogP contribution in [0.3, 0.4) is 0 Å². The molecule has 1 aliphatic heterocycles. The summed E-state index contributed by atoms with van der Waals surface area (Å²) < 4.78 is 0. The van der Waals surface area contributed by atoms with E-state index in [0.717, 1.165) is 4.90 Å². The number of aliphatic hydroxyl groups excluding tert-OH is 1. The molecule has 0 aromatic carbocycles. The molecule has 9 N–H and O–H groups in total. The van der Waals surface area contributed by atoms with Gasteiger partial charge in [-0.3, -0.25) is 14.4 Å². The number of H-pyrrole nitrogens is 1. The molecule has 1 saturated heterocycles. The normalized spacial score (nSPS) is 19.2. The maximum Gasteiger partial charge on any atom is 0.326 e. The van der Waals surface area contributed by atoms with Crippen molar-refractivity contribution in [2.24, 2.45) is 11.5 Å². The summed E-state index contributed by atoms with van der Waals surface area (Å²) in [6.07, 6.45) is 4.11. The molecular formula is C21H35N7O6. The van der Waals surface area contributed by atoms with E-state index in [-0.39, 0.29) is 19.4 Å². The summed E-state index contributed by atoms with van der Waals surface area (Å²) >= 11 is 0. The molecule has 0 bridgehead atoms. The monoisotopic (exact) mass is 481 g/mol. The largest absolute Gasteiger partial charge is 0.480 e. The number of rotatable bonds is 13. The molecule has 13 nitrogen and oxygen atoms in total. The van der Waals surface area contributed by atoms with Crippen molar-refractivity contribution in [2.45, 2.75) is 75.7 Å². The quantitative estimate of drug-likeness (QED) is 0.152. The predicted molar refractivity (Wildman–Crippen MR) is 121 cm³/mol. The molecule has 13 heteroatoms. The number of aliphatic hydroxyl groups is 1. The van der Waals surface area contributed by atoms with Crippen LogP contribution in [0.5, 0.6) is 0 Å². The van der Waals surface area contributed by atoms with Crippen molar-refractivity contribution in [3.8, 4) is 0 Å². The molecule has 0 saturated carbocycles. The minimum atomic E-state index is -1.36. The molecule has 0 radical (unpaired) electrons. The fourth-order valence-corrected chi connectivity index (χ4v) is 3.87. The molecule has 1 fully saturated rings. The van der Waals surface area contributed by atoms with Gasteiger partial charge in [-0.05, 0) is 45.6 Å². The highest BCUT2D eigenvalue weighted by Gasteiger charge is 2.40. The van der Waals surface area contributed by atoms with Gasteiger partial charge in [-0.2, -0.15) is 0 Å². The first-order chi connectivity index (χ1) is 16.1. The van der Waals surface area contributed by atoms with Crippen molar-refractivity contribution < 1.29 is 29.4 Å². The van der Waals surface area contributed by atoms with Crippen LogP contribution in [0, 0.1) is 0 Å². The first kappa shape index (κ1) is 27.2. The van der Waals surface area contributed by atoms with Gasteiger partial charge in [0.2, 0.25) is 17.7 Å². The number of likely N-dealkylation sites (tertiary alicyclic amines) is 1. The lowest BCUT2D eigenvalue weighted by Gasteiger charge is -2.30. The molecular weight excluding hydrogens is 446 g/mol. The molecule has 2 rings (SSSR count). The van der Waals surface area contributed by atoms with E-state index in [2.05, 4.69) is 20.6 Å². The number of carboxylic acids is 1. The van der Waals surface area contributed by atoms with Crippen molar-refractivity contribution in [1.82, 2.24) is 25.5 Å². The molecule has 0 aliphatic carbocycles. The zero-order valence-corrected chi connectivity index (χ0v) is 19.3. The molecule has 3 amide bonds. The van der Waals surface area contributed by atoms with Crippen LogP contribution in [0.15, 0.2) is 12.5 Å². The molecule has 190 valence electrons. The second kappa shape index (κ2) is 13.0. The second-order valence-corrected chi connectivity index (χ2v) is 8.49. The minimum Gasteiger partial charge on any atom is -0.480 e. The average Bonchev–Trinajstić information content (AvgIpc) is 3.48. The average molecular weight is 482 g/mol. The number of carboxylic acid groups (broad SMARTS) is 1. The van der Waals surface area contributed by atoms with Crippen LogP contribution >= 0.6 is 0 Å². The maximum atomic E-state index is 13.0. The van der Waals surface area contributed by atoms with Crippen molar-refractivity contribution >= 4 is 23.7 Å². The standard InChI is InChI=1S/C21H35N7O6/c1-12(29)17(20(32)28-8-4-6-16(28)21(33)34)27-19(31)15(5-2-3-7-22)26-18(30)14(23)9-13-10-24-11-25-13/h10-12,14-17,29H,2-9,22-23H2,1H3,(H,24,25)(H,26,30)(H,27,31)(H,33,34). The Morgan fingerprint density at radius 3 is 2.59 bits per heavy atom. The number of nitrogens with zero attached hydrogens (tertiary/aromatic N) is 2. The Kier molecular flexibility index (Phi) is 10.4. The SMILES string of the molecule is CC(O)C(NC(=O)C(CCCCN)NC(=O)C(N)Cc1cnc[nH]1)C(=O)N1CCCC1C(=O)O. The topological polar surface area (TPSA) is 217 Å². The number of hydrogen-bond donors (Lipinski definition) is 7. The summed E-state index contributed by atoms with van der Waals surface area (Å²) in [5.74, 6) is -3.06. The highest BCUT2D eigenvalue weighted by Crippen LogP contribution is 2.19. The number of aromatic nitrogens is 2. The number of amides is 3. The summed E-state index contributed by atoms with van der Waals surface area (Å²) in [7, 11) is 0. The molecule has 0 spiro atoms. The summed E-state index contributed by atoms with van der Waals surface area (Å²) in [6, 6.07) is -4.33. The van der Waals surface area contributed by atoms with E-state index >= 15 is 0 Å². The first-order valence-corrected chi connectivity index (χ1v) is 11.4. The number of hydrogen-bond acceptors (Lipinski definition) is 8. The van der Waals surface area contributed by atoms with Crippen molar-refractivity contribution in [1.29, 1.82) is 0 Å². The Morgan fingerprint density at radius 1 is 1.26 bits per heavy atom. The summed E-state index contributed by atoms with van der Waals surface area (Å²) in [5.41, 5.74) is 12.2. The lowest BCUT2D eigenvalue weighted by molar-refractivity contribution is -0.150. The molecule has 1 aliphatic rings. The van der Waals surface area contributed by atoms with Crippen LogP contribution in [0.4, 0.5) is 0 Å². The number of aromatic amines is 1. The van der Waals surface area contributed by atoms with E-state index in [9.17, 15) is 29.4 Å². The van der Waals surface area contributed by atoms with Gasteiger partial charge in [-0.25, -0.2) is 9.78 Å². The van der Waals surface area contributed by atoms with E-state index in [4.69, 9.17) is 11.5 Å². The third-order valence-corrected chi connectivity index (χ3v) is 5.78. The van der Waals surface area contributed by atoms with E-state index in [1.165, 1.54) is 13.3 Å². The van der Waals surface area contributed by atoms with Gasteiger partial charge in [0.15, 0.2) is 0 Å². The molecule has 34 heavy (non-hydrogen) atoms. The van der Waals surface area contributed by atoms with Gasteiger partial charge in [-0.1, -0.05) is 0 Å². The smallest absolute Gasteiger partial charge is 0.326 e. The highest BCUT2D eigenvalue weighted by molar-refractivity contribution is 5.94. The highest BCUT2D eigenvalue weighted by atomic mass is 16.4. The zero-order valence-electron chi connectivity index (χ0n) is 19.3.